The van der Waals surface area contributed by atoms with Crippen molar-refractivity contribution >= 4 is 15.9 Å². The van der Waals surface area contributed by atoms with Crippen LogP contribution in [0.2, 0.25) is 0 Å². The fourth-order valence-electron chi connectivity index (χ4n) is 2.17. The molecular weight excluding hydrogens is 290 g/mol. The summed E-state index contributed by atoms with van der Waals surface area (Å²) in [5.74, 6) is 1.01. The van der Waals surface area contributed by atoms with Crippen molar-refractivity contribution < 1.29 is 4.74 Å². The molecule has 2 nitrogen and oxygen atoms in total. The van der Waals surface area contributed by atoms with Crippen molar-refractivity contribution in [3.05, 3.63) is 64.1 Å². The molecule has 0 saturated carbocycles. The summed E-state index contributed by atoms with van der Waals surface area (Å²) in [7, 11) is 0. The van der Waals surface area contributed by atoms with Crippen molar-refractivity contribution in [2.45, 2.75) is 12.6 Å². The first-order valence-corrected chi connectivity index (χ1v) is 6.82. The van der Waals surface area contributed by atoms with Crippen molar-refractivity contribution in [2.75, 3.05) is 6.61 Å². The Morgan fingerprint density at radius 2 is 1.89 bits per heavy atom. The van der Waals surface area contributed by atoms with Gasteiger partial charge in [-0.15, -0.1) is 0 Å². The second kappa shape index (κ2) is 5.12. The lowest BCUT2D eigenvalue weighted by molar-refractivity contribution is 0.310. The second-order valence-electron chi connectivity index (χ2n) is 4.41. The van der Waals surface area contributed by atoms with Crippen LogP contribution in [0.4, 0.5) is 0 Å². The van der Waals surface area contributed by atoms with Gasteiger partial charge in [-0.1, -0.05) is 46.3 Å². The Morgan fingerprint density at radius 3 is 2.72 bits per heavy atom. The number of hydrogen-bond acceptors (Lipinski definition) is 2. The molecule has 18 heavy (non-hydrogen) atoms. The van der Waals surface area contributed by atoms with E-state index in [2.05, 4.69) is 57.6 Å². The molecule has 0 saturated heterocycles. The molecule has 1 N–H and O–H groups in total. The van der Waals surface area contributed by atoms with Crippen molar-refractivity contribution in [1.82, 2.24) is 5.32 Å². The number of ether oxygens (including phenoxy) is 1. The van der Waals surface area contributed by atoms with Gasteiger partial charge in [-0.2, -0.15) is 0 Å². The molecule has 0 amide bonds. The van der Waals surface area contributed by atoms with Crippen molar-refractivity contribution in [2.24, 2.45) is 0 Å². The summed E-state index contributed by atoms with van der Waals surface area (Å²) in [5, 5.41) is 3.53. The van der Waals surface area contributed by atoms with Gasteiger partial charge in [-0.25, -0.2) is 0 Å². The van der Waals surface area contributed by atoms with Crippen LogP contribution in [0.1, 0.15) is 17.2 Å². The summed E-state index contributed by atoms with van der Waals surface area (Å²) in [6.07, 6.45) is 0. The predicted octanol–water partition coefficient (Wildman–Crippen LogP) is 3.67. The Balaban J connectivity index is 1.67. The van der Waals surface area contributed by atoms with Gasteiger partial charge in [0.05, 0.1) is 6.04 Å². The van der Waals surface area contributed by atoms with E-state index in [1.807, 2.05) is 12.1 Å². The van der Waals surface area contributed by atoms with E-state index in [1.165, 1.54) is 11.1 Å². The molecule has 1 aliphatic heterocycles. The minimum Gasteiger partial charge on any atom is -0.491 e. The molecule has 0 radical (unpaired) electrons. The first-order chi connectivity index (χ1) is 8.83. The third kappa shape index (κ3) is 2.42. The van der Waals surface area contributed by atoms with E-state index in [0.29, 0.717) is 6.04 Å². The monoisotopic (exact) mass is 303 g/mol. The molecule has 2 aromatic rings. The minimum atomic E-state index is 0.296. The standard InChI is InChI=1S/C15H14BrNO/c16-12-7-5-11(6-8-12)9-17-14-10-18-15-4-2-1-3-13(14)15/h1-8,14,17H,9-10H2. The van der Waals surface area contributed by atoms with Crippen molar-refractivity contribution in [1.29, 1.82) is 0 Å². The summed E-state index contributed by atoms with van der Waals surface area (Å²) in [5.41, 5.74) is 2.54. The number of nitrogens with one attached hydrogen (secondary N) is 1. The summed E-state index contributed by atoms with van der Waals surface area (Å²) >= 11 is 3.44. The Labute approximate surface area is 115 Å². The van der Waals surface area contributed by atoms with Crippen LogP contribution in [-0.2, 0) is 6.54 Å². The van der Waals surface area contributed by atoms with Gasteiger partial charge in [-0.3, -0.25) is 0 Å². The topological polar surface area (TPSA) is 21.3 Å². The van der Waals surface area contributed by atoms with E-state index >= 15 is 0 Å². The third-order valence-corrected chi connectivity index (χ3v) is 3.69. The highest BCUT2D eigenvalue weighted by Gasteiger charge is 2.22. The van der Waals surface area contributed by atoms with E-state index in [9.17, 15) is 0 Å². The van der Waals surface area contributed by atoms with Crippen LogP contribution in [0, 0.1) is 0 Å². The largest absolute Gasteiger partial charge is 0.491 e. The van der Waals surface area contributed by atoms with Gasteiger partial charge >= 0.3 is 0 Å². The quantitative estimate of drug-likeness (QED) is 0.934. The Kier molecular flexibility index (Phi) is 3.35. The molecule has 1 atom stereocenters. The van der Waals surface area contributed by atoms with E-state index in [1.54, 1.807) is 0 Å². The lowest BCUT2D eigenvalue weighted by Gasteiger charge is -2.11. The summed E-state index contributed by atoms with van der Waals surface area (Å²) in [6.45, 7) is 1.57. The smallest absolute Gasteiger partial charge is 0.124 e. The zero-order valence-electron chi connectivity index (χ0n) is 9.90. The lowest BCUT2D eigenvalue weighted by Crippen LogP contribution is -2.21. The summed E-state index contributed by atoms with van der Waals surface area (Å²) < 4.78 is 6.76. The average Bonchev–Trinajstić information content (AvgIpc) is 2.82. The molecule has 0 spiro atoms. The van der Waals surface area contributed by atoms with Crippen LogP contribution in [0.25, 0.3) is 0 Å². The van der Waals surface area contributed by atoms with Gasteiger partial charge in [0.2, 0.25) is 0 Å². The molecule has 0 aromatic heterocycles. The maximum absolute atomic E-state index is 5.65. The Bertz CT molecular complexity index is 538. The van der Waals surface area contributed by atoms with Gasteiger partial charge in [0.25, 0.3) is 0 Å². The molecule has 0 aliphatic carbocycles. The average molecular weight is 304 g/mol. The number of fused-ring (bicyclic) bond motifs is 1. The number of para-hydroxylation sites is 1. The van der Waals surface area contributed by atoms with Gasteiger partial charge < -0.3 is 10.1 Å². The van der Waals surface area contributed by atoms with Gasteiger partial charge in [0.15, 0.2) is 0 Å². The molecule has 92 valence electrons. The first-order valence-electron chi connectivity index (χ1n) is 6.02. The molecule has 1 aliphatic rings. The number of halogens is 1. The summed E-state index contributed by atoms with van der Waals surface area (Å²) in [4.78, 5) is 0. The van der Waals surface area contributed by atoms with Crippen LogP contribution in [0.15, 0.2) is 53.0 Å². The van der Waals surface area contributed by atoms with E-state index in [0.717, 1.165) is 23.4 Å². The van der Waals surface area contributed by atoms with Crippen molar-refractivity contribution in [3.8, 4) is 5.75 Å². The van der Waals surface area contributed by atoms with Crippen molar-refractivity contribution in [3.63, 3.8) is 0 Å². The Morgan fingerprint density at radius 1 is 1.11 bits per heavy atom. The van der Waals surface area contributed by atoms with Crippen LogP contribution >= 0.6 is 15.9 Å². The maximum atomic E-state index is 5.65. The fraction of sp³-hybridized carbons (Fsp3) is 0.200. The Hall–Kier alpha value is -1.32. The molecule has 1 unspecified atom stereocenters. The van der Waals surface area contributed by atoms with Gasteiger partial charge in [0, 0.05) is 16.6 Å². The highest BCUT2D eigenvalue weighted by molar-refractivity contribution is 9.10. The van der Waals surface area contributed by atoms with E-state index < -0.39 is 0 Å². The molecule has 1 heterocycles. The van der Waals surface area contributed by atoms with Gasteiger partial charge in [0.1, 0.15) is 12.4 Å². The first kappa shape index (κ1) is 11.8. The maximum Gasteiger partial charge on any atom is 0.124 e. The van der Waals surface area contributed by atoms with Crippen LogP contribution < -0.4 is 10.1 Å². The number of hydrogen-bond donors (Lipinski definition) is 1. The molecule has 2 aromatic carbocycles. The molecule has 0 fully saturated rings. The highest BCUT2D eigenvalue weighted by atomic mass is 79.9. The zero-order valence-corrected chi connectivity index (χ0v) is 11.5. The SMILES string of the molecule is Brc1ccc(CNC2COc3ccccc32)cc1. The number of benzene rings is 2. The second-order valence-corrected chi connectivity index (χ2v) is 5.32. The van der Waals surface area contributed by atoms with E-state index in [-0.39, 0.29) is 0 Å². The number of rotatable bonds is 3. The molecular formula is C15H14BrNO. The highest BCUT2D eigenvalue weighted by Crippen LogP contribution is 2.31. The van der Waals surface area contributed by atoms with E-state index in [4.69, 9.17) is 4.74 Å². The summed E-state index contributed by atoms with van der Waals surface area (Å²) in [6, 6.07) is 16.9. The molecule has 0 bridgehead atoms. The normalized spacial score (nSPS) is 17.3. The lowest BCUT2D eigenvalue weighted by atomic mass is 10.1. The molecule has 3 rings (SSSR count). The zero-order chi connectivity index (χ0) is 12.4. The van der Waals surface area contributed by atoms with Crippen LogP contribution in [0.5, 0.6) is 5.75 Å². The predicted molar refractivity (Wildman–Crippen MR) is 75.7 cm³/mol. The third-order valence-electron chi connectivity index (χ3n) is 3.17. The molecule has 3 heteroatoms. The van der Waals surface area contributed by atoms with Gasteiger partial charge in [-0.05, 0) is 23.8 Å². The minimum absolute atomic E-state index is 0.296. The fourth-order valence-corrected chi connectivity index (χ4v) is 2.44. The van der Waals surface area contributed by atoms with Crippen LogP contribution in [0.3, 0.4) is 0 Å². The van der Waals surface area contributed by atoms with Crippen LogP contribution in [-0.4, -0.2) is 6.61 Å².